The lowest BCUT2D eigenvalue weighted by Gasteiger charge is -2.13. The molecule has 0 bridgehead atoms. The summed E-state index contributed by atoms with van der Waals surface area (Å²) < 4.78 is 24.2. The van der Waals surface area contributed by atoms with Gasteiger partial charge in [0.05, 0.1) is 20.6 Å². The zero-order chi connectivity index (χ0) is 22.9. The zero-order valence-corrected chi connectivity index (χ0v) is 19.1. The molecule has 1 amide bonds. The van der Waals surface area contributed by atoms with Crippen molar-refractivity contribution >= 4 is 44.6 Å². The number of benzene rings is 3. The summed E-state index contributed by atoms with van der Waals surface area (Å²) in [4.78, 5) is 13.3. The van der Waals surface area contributed by atoms with E-state index in [0.29, 0.717) is 32.4 Å². The van der Waals surface area contributed by atoms with Crippen molar-refractivity contribution in [3.05, 3.63) is 88.5 Å². The van der Waals surface area contributed by atoms with Crippen molar-refractivity contribution in [1.82, 2.24) is 10.2 Å². The van der Waals surface area contributed by atoms with E-state index in [1.165, 1.54) is 18.2 Å². The first kappa shape index (κ1) is 22.1. The van der Waals surface area contributed by atoms with Crippen LogP contribution in [0.25, 0.3) is 22.4 Å². The SMILES string of the molecule is CS(=O)(=O)c1ccc(C(=O)Nc2cccc(-c3ccn[nH]3)c2)c(-c2ccc(Cl)c(Cl)c2)c1. The van der Waals surface area contributed by atoms with E-state index >= 15 is 0 Å². The van der Waals surface area contributed by atoms with Gasteiger partial charge in [-0.15, -0.1) is 0 Å². The number of nitrogens with zero attached hydrogens (tertiary/aromatic N) is 1. The normalized spacial score (nSPS) is 11.3. The Balaban J connectivity index is 1.75. The summed E-state index contributed by atoms with van der Waals surface area (Å²) in [6.45, 7) is 0. The second kappa shape index (κ2) is 8.78. The van der Waals surface area contributed by atoms with E-state index in [0.717, 1.165) is 17.5 Å². The third kappa shape index (κ3) is 4.70. The molecular weight excluding hydrogens is 469 g/mol. The van der Waals surface area contributed by atoms with Gasteiger partial charge in [-0.05, 0) is 59.7 Å². The van der Waals surface area contributed by atoms with Crippen LogP contribution in [-0.2, 0) is 9.84 Å². The minimum Gasteiger partial charge on any atom is -0.322 e. The van der Waals surface area contributed by atoms with Crippen LogP contribution in [0.4, 0.5) is 5.69 Å². The first-order valence-corrected chi connectivity index (χ1v) is 12.1. The smallest absolute Gasteiger partial charge is 0.256 e. The number of sulfone groups is 1. The Hall–Kier alpha value is -3.13. The number of carbonyl (C=O) groups excluding carboxylic acids is 1. The fourth-order valence-electron chi connectivity index (χ4n) is 3.23. The van der Waals surface area contributed by atoms with Gasteiger partial charge in [0.2, 0.25) is 0 Å². The van der Waals surface area contributed by atoms with Crippen LogP contribution in [0.2, 0.25) is 10.0 Å². The van der Waals surface area contributed by atoms with Gasteiger partial charge < -0.3 is 5.32 Å². The van der Waals surface area contributed by atoms with Crippen LogP contribution in [0, 0.1) is 0 Å². The molecule has 0 radical (unpaired) electrons. The number of aromatic amines is 1. The Morgan fingerprint density at radius 1 is 0.938 bits per heavy atom. The van der Waals surface area contributed by atoms with E-state index in [2.05, 4.69) is 15.5 Å². The molecule has 0 aliphatic carbocycles. The van der Waals surface area contributed by atoms with Gasteiger partial charge in [-0.3, -0.25) is 9.89 Å². The molecule has 0 aliphatic rings. The molecule has 0 atom stereocenters. The number of hydrogen-bond acceptors (Lipinski definition) is 4. The Morgan fingerprint density at radius 3 is 2.44 bits per heavy atom. The molecule has 1 aromatic heterocycles. The molecule has 4 aromatic rings. The van der Waals surface area contributed by atoms with Gasteiger partial charge in [0.1, 0.15) is 0 Å². The minimum absolute atomic E-state index is 0.0939. The number of rotatable bonds is 5. The maximum absolute atomic E-state index is 13.2. The largest absolute Gasteiger partial charge is 0.322 e. The molecule has 0 aliphatic heterocycles. The van der Waals surface area contributed by atoms with Crippen molar-refractivity contribution in [3.63, 3.8) is 0 Å². The molecule has 2 N–H and O–H groups in total. The topological polar surface area (TPSA) is 91.9 Å². The van der Waals surface area contributed by atoms with E-state index in [1.54, 1.807) is 30.5 Å². The summed E-state index contributed by atoms with van der Waals surface area (Å²) in [5.74, 6) is -0.395. The first-order valence-electron chi connectivity index (χ1n) is 9.43. The van der Waals surface area contributed by atoms with Crippen LogP contribution in [0.15, 0.2) is 77.8 Å². The van der Waals surface area contributed by atoms with Crippen LogP contribution in [0.1, 0.15) is 10.4 Å². The van der Waals surface area contributed by atoms with E-state index < -0.39 is 15.7 Å². The Labute approximate surface area is 195 Å². The molecular formula is C23H17Cl2N3O3S. The van der Waals surface area contributed by atoms with Crippen molar-refractivity contribution in [1.29, 1.82) is 0 Å². The highest BCUT2D eigenvalue weighted by Crippen LogP contribution is 2.32. The molecule has 9 heteroatoms. The fourth-order valence-corrected chi connectivity index (χ4v) is 4.18. The van der Waals surface area contributed by atoms with Crippen molar-refractivity contribution in [3.8, 4) is 22.4 Å². The van der Waals surface area contributed by atoms with E-state index in [-0.39, 0.29) is 4.90 Å². The van der Waals surface area contributed by atoms with Gasteiger partial charge in [-0.2, -0.15) is 5.10 Å². The number of halogens is 2. The average Bonchev–Trinajstić information content (AvgIpc) is 3.30. The predicted octanol–water partition coefficient (Wildman–Crippen LogP) is 5.71. The van der Waals surface area contributed by atoms with Crippen LogP contribution in [-0.4, -0.2) is 30.8 Å². The summed E-state index contributed by atoms with van der Waals surface area (Å²) in [5, 5.41) is 10.4. The summed E-state index contributed by atoms with van der Waals surface area (Å²) in [6.07, 6.45) is 2.76. The summed E-state index contributed by atoms with van der Waals surface area (Å²) in [5.41, 5.74) is 3.54. The van der Waals surface area contributed by atoms with E-state index in [9.17, 15) is 13.2 Å². The lowest BCUT2D eigenvalue weighted by molar-refractivity contribution is 0.102. The van der Waals surface area contributed by atoms with Crippen molar-refractivity contribution in [2.24, 2.45) is 0 Å². The van der Waals surface area contributed by atoms with Gasteiger partial charge in [0, 0.05) is 29.3 Å². The third-order valence-corrected chi connectivity index (χ3v) is 6.68. The third-order valence-electron chi connectivity index (χ3n) is 4.83. The molecule has 6 nitrogen and oxygen atoms in total. The average molecular weight is 486 g/mol. The summed E-state index contributed by atoms with van der Waals surface area (Å²) in [6, 6.07) is 18.4. The van der Waals surface area contributed by atoms with Gasteiger partial charge in [-0.1, -0.05) is 41.4 Å². The summed E-state index contributed by atoms with van der Waals surface area (Å²) in [7, 11) is -3.48. The molecule has 0 unspecified atom stereocenters. The monoisotopic (exact) mass is 485 g/mol. The van der Waals surface area contributed by atoms with Crippen LogP contribution < -0.4 is 5.32 Å². The quantitative estimate of drug-likeness (QED) is 0.378. The molecule has 0 fully saturated rings. The molecule has 0 spiro atoms. The Bertz CT molecular complexity index is 1420. The number of nitrogens with one attached hydrogen (secondary N) is 2. The van der Waals surface area contributed by atoms with E-state index in [4.69, 9.17) is 23.2 Å². The molecule has 3 aromatic carbocycles. The summed E-state index contributed by atoms with van der Waals surface area (Å²) >= 11 is 12.2. The minimum atomic E-state index is -3.48. The highest BCUT2D eigenvalue weighted by Gasteiger charge is 2.18. The molecule has 32 heavy (non-hydrogen) atoms. The van der Waals surface area contributed by atoms with Crippen molar-refractivity contribution < 1.29 is 13.2 Å². The number of hydrogen-bond donors (Lipinski definition) is 2. The second-order valence-electron chi connectivity index (χ2n) is 7.11. The first-order chi connectivity index (χ1) is 15.2. The fraction of sp³-hybridized carbons (Fsp3) is 0.0435. The number of H-pyrrole nitrogens is 1. The number of aromatic nitrogens is 2. The van der Waals surface area contributed by atoms with Gasteiger partial charge in [0.25, 0.3) is 5.91 Å². The van der Waals surface area contributed by atoms with Crippen molar-refractivity contribution in [2.75, 3.05) is 11.6 Å². The maximum atomic E-state index is 13.2. The number of anilines is 1. The lowest BCUT2D eigenvalue weighted by Crippen LogP contribution is -2.14. The highest BCUT2D eigenvalue weighted by molar-refractivity contribution is 7.90. The standard InChI is InChI=1S/C23H17Cl2N3O3S/c1-32(30,31)17-6-7-18(19(13-17)14-5-8-20(24)21(25)12-14)23(29)27-16-4-2-3-15(11-16)22-9-10-26-28-22/h2-13H,1H3,(H,26,28)(H,27,29). The maximum Gasteiger partial charge on any atom is 0.256 e. The zero-order valence-electron chi connectivity index (χ0n) is 16.8. The van der Waals surface area contributed by atoms with Crippen molar-refractivity contribution in [2.45, 2.75) is 4.90 Å². The number of carbonyl (C=O) groups is 1. The Kier molecular flexibility index (Phi) is 6.06. The molecule has 4 rings (SSSR count). The predicted molar refractivity (Wildman–Crippen MR) is 127 cm³/mol. The molecule has 1 heterocycles. The molecule has 0 saturated carbocycles. The van der Waals surface area contributed by atoms with Crippen LogP contribution >= 0.6 is 23.2 Å². The highest BCUT2D eigenvalue weighted by atomic mass is 35.5. The molecule has 0 saturated heterocycles. The van der Waals surface area contributed by atoms with Crippen LogP contribution in [0.5, 0.6) is 0 Å². The van der Waals surface area contributed by atoms with Crippen LogP contribution in [0.3, 0.4) is 0 Å². The van der Waals surface area contributed by atoms with Gasteiger partial charge in [-0.25, -0.2) is 8.42 Å². The van der Waals surface area contributed by atoms with Gasteiger partial charge in [0.15, 0.2) is 9.84 Å². The second-order valence-corrected chi connectivity index (χ2v) is 9.94. The lowest BCUT2D eigenvalue weighted by atomic mass is 9.99. The molecule has 162 valence electrons. The van der Waals surface area contributed by atoms with Gasteiger partial charge >= 0.3 is 0 Å². The number of amides is 1. The Morgan fingerprint density at radius 2 is 1.75 bits per heavy atom. The van der Waals surface area contributed by atoms with E-state index in [1.807, 2.05) is 24.3 Å².